The van der Waals surface area contributed by atoms with Crippen molar-refractivity contribution in [2.75, 3.05) is 12.4 Å². The number of aromatic nitrogens is 2. The maximum atomic E-state index is 13.9. The molecule has 0 saturated carbocycles. The number of hydrogen-bond acceptors (Lipinski definition) is 4. The number of methoxy groups -OCH3 is 1. The van der Waals surface area contributed by atoms with Crippen LogP contribution in [0.25, 0.3) is 0 Å². The highest BCUT2D eigenvalue weighted by Gasteiger charge is 2.13. The third-order valence-electron chi connectivity index (χ3n) is 4.92. The third-order valence-corrected chi connectivity index (χ3v) is 5.45. The van der Waals surface area contributed by atoms with E-state index in [1.165, 1.54) is 6.07 Å². The van der Waals surface area contributed by atoms with Crippen LogP contribution < -0.4 is 14.8 Å². The summed E-state index contributed by atoms with van der Waals surface area (Å²) in [6.07, 6.45) is 1.69. The van der Waals surface area contributed by atoms with Crippen LogP contribution >= 0.6 is 15.9 Å². The first kappa shape index (κ1) is 22.5. The van der Waals surface area contributed by atoms with Gasteiger partial charge in [0.1, 0.15) is 23.9 Å². The predicted octanol–water partition coefficient (Wildman–Crippen LogP) is 5.67. The minimum atomic E-state index is -0.321. The van der Waals surface area contributed by atoms with E-state index < -0.39 is 0 Å². The van der Waals surface area contributed by atoms with Gasteiger partial charge in [-0.25, -0.2) is 4.39 Å². The van der Waals surface area contributed by atoms with E-state index in [0.29, 0.717) is 28.4 Å². The van der Waals surface area contributed by atoms with Gasteiger partial charge in [-0.1, -0.05) is 34.1 Å². The molecule has 8 heteroatoms. The number of carbonyl (C=O) groups excluding carboxylic acids is 1. The smallest absolute Gasteiger partial charge is 0.256 e. The monoisotopic (exact) mass is 509 g/mol. The van der Waals surface area contributed by atoms with Gasteiger partial charge in [0, 0.05) is 33.4 Å². The van der Waals surface area contributed by atoms with Crippen LogP contribution in [0.5, 0.6) is 11.5 Å². The number of carbonyl (C=O) groups is 1. The maximum absolute atomic E-state index is 13.9. The van der Waals surface area contributed by atoms with Crippen molar-refractivity contribution in [3.63, 3.8) is 0 Å². The summed E-state index contributed by atoms with van der Waals surface area (Å²) in [4.78, 5) is 12.8. The molecule has 1 N–H and O–H groups in total. The highest BCUT2D eigenvalue weighted by Crippen LogP contribution is 2.24. The topological polar surface area (TPSA) is 65.4 Å². The Balaban J connectivity index is 1.43. The number of amides is 1. The normalized spacial score (nSPS) is 10.6. The highest BCUT2D eigenvalue weighted by molar-refractivity contribution is 9.10. The van der Waals surface area contributed by atoms with Crippen LogP contribution in [0.2, 0.25) is 0 Å². The summed E-state index contributed by atoms with van der Waals surface area (Å²) < 4.78 is 27.6. The first-order valence-electron chi connectivity index (χ1n) is 10.2. The van der Waals surface area contributed by atoms with Crippen molar-refractivity contribution < 1.29 is 18.7 Å². The van der Waals surface area contributed by atoms with Crippen molar-refractivity contribution in [3.8, 4) is 11.5 Å². The van der Waals surface area contributed by atoms with Crippen LogP contribution in [0.1, 0.15) is 21.5 Å². The van der Waals surface area contributed by atoms with Crippen molar-refractivity contribution in [2.45, 2.75) is 13.2 Å². The molecule has 4 rings (SSSR count). The number of rotatable bonds is 8. The van der Waals surface area contributed by atoms with Crippen LogP contribution in [-0.4, -0.2) is 22.8 Å². The fraction of sp³-hybridized carbons (Fsp3) is 0.120. The Morgan fingerprint density at radius 2 is 1.85 bits per heavy atom. The molecule has 1 amide bonds. The fourth-order valence-corrected chi connectivity index (χ4v) is 3.49. The minimum Gasteiger partial charge on any atom is -0.496 e. The lowest BCUT2D eigenvalue weighted by atomic mass is 10.1. The molecule has 3 aromatic carbocycles. The van der Waals surface area contributed by atoms with E-state index in [4.69, 9.17) is 9.47 Å². The average Bonchev–Trinajstić information content (AvgIpc) is 3.26. The summed E-state index contributed by atoms with van der Waals surface area (Å²) in [5.74, 6) is 1.08. The molecule has 168 valence electrons. The summed E-state index contributed by atoms with van der Waals surface area (Å²) in [5.41, 5.74) is 1.69. The van der Waals surface area contributed by atoms with E-state index in [-0.39, 0.29) is 24.9 Å². The second-order valence-corrected chi connectivity index (χ2v) is 8.13. The molecule has 0 saturated heterocycles. The van der Waals surface area contributed by atoms with E-state index in [1.807, 2.05) is 24.3 Å². The SMILES string of the molecule is COc1ccc(C(=O)Nc2ccn(Cc3ccccc3F)n2)cc1COc1ccc(Br)cc1. The van der Waals surface area contributed by atoms with Crippen molar-refractivity contribution in [3.05, 3.63) is 106 Å². The molecule has 6 nitrogen and oxygen atoms in total. The van der Waals surface area contributed by atoms with E-state index in [2.05, 4.69) is 26.3 Å². The van der Waals surface area contributed by atoms with Crippen molar-refractivity contribution >= 4 is 27.7 Å². The van der Waals surface area contributed by atoms with Gasteiger partial charge in [0.15, 0.2) is 5.82 Å². The van der Waals surface area contributed by atoms with Gasteiger partial charge in [0.25, 0.3) is 5.91 Å². The molecule has 0 aliphatic carbocycles. The zero-order valence-corrected chi connectivity index (χ0v) is 19.4. The number of ether oxygens (including phenoxy) is 2. The van der Waals surface area contributed by atoms with Crippen molar-refractivity contribution in [1.29, 1.82) is 0 Å². The first-order chi connectivity index (χ1) is 16.0. The van der Waals surface area contributed by atoms with Gasteiger partial charge < -0.3 is 14.8 Å². The second-order valence-electron chi connectivity index (χ2n) is 7.21. The van der Waals surface area contributed by atoms with Gasteiger partial charge >= 0.3 is 0 Å². The van der Waals surface area contributed by atoms with Crippen molar-refractivity contribution in [2.24, 2.45) is 0 Å². The zero-order chi connectivity index (χ0) is 23.2. The lowest BCUT2D eigenvalue weighted by Gasteiger charge is -2.12. The van der Waals surface area contributed by atoms with Gasteiger partial charge in [-0.2, -0.15) is 5.10 Å². The summed E-state index contributed by atoms with van der Waals surface area (Å²) in [5, 5.41) is 7.09. The highest BCUT2D eigenvalue weighted by atomic mass is 79.9. The van der Waals surface area contributed by atoms with Gasteiger partial charge in [-0.3, -0.25) is 9.48 Å². The van der Waals surface area contributed by atoms with Crippen LogP contribution in [0, 0.1) is 5.82 Å². The van der Waals surface area contributed by atoms with Gasteiger partial charge in [-0.15, -0.1) is 0 Å². The fourth-order valence-electron chi connectivity index (χ4n) is 3.23. The van der Waals surface area contributed by atoms with Crippen LogP contribution in [-0.2, 0) is 13.2 Å². The summed E-state index contributed by atoms with van der Waals surface area (Å²) in [6, 6.07) is 20.8. The molecule has 33 heavy (non-hydrogen) atoms. The average molecular weight is 510 g/mol. The molecule has 0 aliphatic rings. The molecule has 0 aliphatic heterocycles. The van der Waals surface area contributed by atoms with Crippen LogP contribution in [0.3, 0.4) is 0 Å². The van der Waals surface area contributed by atoms with Gasteiger partial charge in [0.05, 0.1) is 13.7 Å². The quantitative estimate of drug-likeness (QED) is 0.332. The number of anilines is 1. The Hall–Kier alpha value is -3.65. The minimum absolute atomic E-state index is 0.239. The van der Waals surface area contributed by atoms with E-state index in [1.54, 1.807) is 60.5 Å². The molecule has 0 radical (unpaired) electrons. The lowest BCUT2D eigenvalue weighted by Crippen LogP contribution is -2.14. The van der Waals surface area contributed by atoms with Crippen molar-refractivity contribution in [1.82, 2.24) is 9.78 Å². The lowest BCUT2D eigenvalue weighted by molar-refractivity contribution is 0.102. The predicted molar refractivity (Wildman–Crippen MR) is 127 cm³/mol. The Labute approximate surface area is 199 Å². The molecule has 0 unspecified atom stereocenters. The number of nitrogens with zero attached hydrogens (tertiary/aromatic N) is 2. The largest absolute Gasteiger partial charge is 0.496 e. The Kier molecular flexibility index (Phi) is 7.04. The number of benzene rings is 3. The maximum Gasteiger partial charge on any atom is 0.256 e. The molecule has 0 bridgehead atoms. The Morgan fingerprint density at radius 1 is 1.06 bits per heavy atom. The first-order valence-corrected chi connectivity index (χ1v) is 10.9. The third kappa shape index (κ3) is 5.78. The second kappa shape index (κ2) is 10.3. The molecular formula is C25H21BrFN3O3. The molecule has 1 aromatic heterocycles. The van der Waals surface area contributed by atoms with E-state index in [9.17, 15) is 9.18 Å². The zero-order valence-electron chi connectivity index (χ0n) is 17.8. The van der Waals surface area contributed by atoms with E-state index >= 15 is 0 Å². The molecule has 1 heterocycles. The Bertz CT molecular complexity index is 1260. The standard InChI is InChI=1S/C25H21BrFN3O3/c1-32-23-11-6-17(14-19(23)16-33-21-9-7-20(26)8-10-21)25(31)28-24-12-13-30(29-24)15-18-4-2-3-5-22(18)27/h2-14H,15-16H2,1H3,(H,28,29,31). The van der Waals surface area contributed by atoms with Gasteiger partial charge in [-0.05, 0) is 48.5 Å². The molecule has 0 atom stereocenters. The van der Waals surface area contributed by atoms with Gasteiger partial charge in [0.2, 0.25) is 0 Å². The molecule has 4 aromatic rings. The molecule has 0 fully saturated rings. The van der Waals surface area contributed by atoms with E-state index in [0.717, 1.165) is 10.0 Å². The number of nitrogens with one attached hydrogen (secondary N) is 1. The molecular weight excluding hydrogens is 489 g/mol. The number of hydrogen-bond donors (Lipinski definition) is 1. The summed E-state index contributed by atoms with van der Waals surface area (Å²) in [7, 11) is 1.57. The molecule has 0 spiro atoms. The van der Waals surface area contributed by atoms with Crippen LogP contribution in [0.4, 0.5) is 10.2 Å². The summed E-state index contributed by atoms with van der Waals surface area (Å²) in [6.45, 7) is 0.506. The summed E-state index contributed by atoms with van der Waals surface area (Å²) >= 11 is 3.39. The number of halogens is 2. The Morgan fingerprint density at radius 3 is 2.61 bits per heavy atom. The van der Waals surface area contributed by atoms with Crippen LogP contribution in [0.15, 0.2) is 83.5 Å².